The van der Waals surface area contributed by atoms with Gasteiger partial charge in [-0.05, 0) is 37.4 Å². The summed E-state index contributed by atoms with van der Waals surface area (Å²) in [6.07, 6.45) is 0. The fraction of sp³-hybridized carbons (Fsp3) is 0.407. The van der Waals surface area contributed by atoms with Gasteiger partial charge in [0.25, 0.3) is 11.7 Å². The van der Waals surface area contributed by atoms with Gasteiger partial charge < -0.3 is 33.9 Å². The van der Waals surface area contributed by atoms with Crippen LogP contribution in [0.25, 0.3) is 5.76 Å². The maximum atomic E-state index is 13.4. The molecule has 2 aliphatic rings. The minimum atomic E-state index is -0.862. The molecule has 9 heteroatoms. The lowest BCUT2D eigenvalue weighted by molar-refractivity contribution is -0.140. The van der Waals surface area contributed by atoms with Crippen LogP contribution in [0.3, 0.4) is 0 Å². The van der Waals surface area contributed by atoms with Crippen LogP contribution in [-0.4, -0.2) is 80.2 Å². The van der Waals surface area contributed by atoms with Crippen LogP contribution in [0.4, 0.5) is 0 Å². The number of carbonyl (C=O) groups excluding carboxylic acids is 2. The fourth-order valence-corrected chi connectivity index (χ4v) is 4.70. The Balaban J connectivity index is 1.86. The molecule has 1 fully saturated rings. The number of benzene rings is 2. The highest BCUT2D eigenvalue weighted by Gasteiger charge is 2.47. The number of ketones is 1. The SMILES string of the molecule is CCN(CC)CCN1C(=O)C(=O)C(=C(O)c2ccc3c(c2)OCCO3)C1c1cccc(OC)c1OC. The zero-order valence-corrected chi connectivity index (χ0v) is 21.1. The molecule has 0 spiro atoms. The smallest absolute Gasteiger partial charge is 0.295 e. The third kappa shape index (κ3) is 4.58. The average molecular weight is 497 g/mol. The summed E-state index contributed by atoms with van der Waals surface area (Å²) in [5.74, 6) is 0.176. The predicted octanol–water partition coefficient (Wildman–Crippen LogP) is 3.24. The van der Waals surface area contributed by atoms with Crippen molar-refractivity contribution in [2.24, 2.45) is 0 Å². The first-order valence-electron chi connectivity index (χ1n) is 12.1. The van der Waals surface area contributed by atoms with E-state index in [1.54, 1.807) is 36.4 Å². The Hall–Kier alpha value is -3.72. The van der Waals surface area contributed by atoms with Gasteiger partial charge >= 0.3 is 0 Å². The number of ether oxygens (including phenoxy) is 4. The number of amides is 1. The second kappa shape index (κ2) is 10.9. The number of fused-ring (bicyclic) bond motifs is 1. The molecular formula is C27H32N2O7. The fourth-order valence-electron chi connectivity index (χ4n) is 4.70. The number of aliphatic hydroxyl groups is 1. The zero-order valence-electron chi connectivity index (χ0n) is 21.1. The van der Waals surface area contributed by atoms with Crippen molar-refractivity contribution in [3.8, 4) is 23.0 Å². The van der Waals surface area contributed by atoms with Crippen molar-refractivity contribution in [2.75, 3.05) is 53.6 Å². The van der Waals surface area contributed by atoms with Crippen LogP contribution < -0.4 is 18.9 Å². The van der Waals surface area contributed by atoms with Crippen LogP contribution in [0.15, 0.2) is 42.0 Å². The summed E-state index contributed by atoms with van der Waals surface area (Å²) in [6, 6.07) is 9.37. The van der Waals surface area contributed by atoms with Crippen LogP contribution in [0.5, 0.6) is 23.0 Å². The van der Waals surface area contributed by atoms with Gasteiger partial charge in [0.05, 0.1) is 25.8 Å². The van der Waals surface area contributed by atoms with E-state index in [4.69, 9.17) is 18.9 Å². The van der Waals surface area contributed by atoms with E-state index in [0.717, 1.165) is 13.1 Å². The molecule has 2 aromatic rings. The van der Waals surface area contributed by atoms with E-state index >= 15 is 0 Å². The van der Waals surface area contributed by atoms with Gasteiger partial charge in [-0.3, -0.25) is 9.59 Å². The van der Waals surface area contributed by atoms with Crippen molar-refractivity contribution in [3.63, 3.8) is 0 Å². The zero-order chi connectivity index (χ0) is 25.8. The van der Waals surface area contributed by atoms with E-state index in [1.165, 1.54) is 19.1 Å². The molecule has 36 heavy (non-hydrogen) atoms. The van der Waals surface area contributed by atoms with E-state index in [9.17, 15) is 14.7 Å². The number of likely N-dealkylation sites (tertiary alicyclic amines) is 1. The van der Waals surface area contributed by atoms with Crippen molar-refractivity contribution in [2.45, 2.75) is 19.9 Å². The lowest BCUT2D eigenvalue weighted by Crippen LogP contribution is -2.38. The second-order valence-electron chi connectivity index (χ2n) is 8.46. The molecule has 0 radical (unpaired) electrons. The van der Waals surface area contributed by atoms with Gasteiger partial charge in [-0.15, -0.1) is 0 Å². The minimum absolute atomic E-state index is 0.0113. The van der Waals surface area contributed by atoms with Gasteiger partial charge in [0.1, 0.15) is 19.0 Å². The molecule has 1 atom stereocenters. The predicted molar refractivity (Wildman–Crippen MR) is 134 cm³/mol. The van der Waals surface area contributed by atoms with E-state index in [-0.39, 0.29) is 11.3 Å². The number of methoxy groups -OCH3 is 2. The quantitative estimate of drug-likeness (QED) is 0.321. The Labute approximate surface area is 210 Å². The molecule has 2 heterocycles. The summed E-state index contributed by atoms with van der Waals surface area (Å²) in [6.45, 7) is 7.40. The molecule has 2 aliphatic heterocycles. The van der Waals surface area contributed by atoms with Crippen molar-refractivity contribution in [1.29, 1.82) is 0 Å². The number of likely N-dealkylation sites (N-methyl/N-ethyl adjacent to an activating group) is 1. The molecule has 192 valence electrons. The maximum absolute atomic E-state index is 13.4. The number of rotatable bonds is 9. The number of aliphatic hydroxyl groups excluding tert-OH is 1. The number of para-hydroxylation sites is 1. The Kier molecular flexibility index (Phi) is 7.69. The number of nitrogens with zero attached hydrogens (tertiary/aromatic N) is 2. The third-order valence-corrected chi connectivity index (χ3v) is 6.64. The summed E-state index contributed by atoms with van der Waals surface area (Å²) in [4.78, 5) is 30.4. The largest absolute Gasteiger partial charge is 0.507 e. The molecule has 0 aromatic heterocycles. The van der Waals surface area contributed by atoms with E-state index in [2.05, 4.69) is 4.90 Å². The van der Waals surface area contributed by atoms with Gasteiger partial charge in [-0.1, -0.05) is 26.0 Å². The van der Waals surface area contributed by atoms with Crippen molar-refractivity contribution < 1.29 is 33.6 Å². The standard InChI is InChI=1S/C27H32N2O7/c1-5-28(6-2)12-13-29-23(18-8-7-9-20(33-3)26(18)34-4)22(25(31)27(29)32)24(30)17-10-11-19-21(16-17)36-15-14-35-19/h7-11,16,23,30H,5-6,12-15H2,1-4H3. The van der Waals surface area contributed by atoms with E-state index in [1.807, 2.05) is 13.8 Å². The summed E-state index contributed by atoms with van der Waals surface area (Å²) >= 11 is 0. The molecule has 1 N–H and O–H groups in total. The molecule has 4 rings (SSSR count). The van der Waals surface area contributed by atoms with Gasteiger partial charge in [-0.2, -0.15) is 0 Å². The first-order valence-corrected chi connectivity index (χ1v) is 12.1. The first kappa shape index (κ1) is 25.4. The van der Waals surface area contributed by atoms with Gasteiger partial charge in [0, 0.05) is 24.2 Å². The first-order chi connectivity index (χ1) is 17.4. The maximum Gasteiger partial charge on any atom is 0.295 e. The lowest BCUT2D eigenvalue weighted by atomic mass is 9.94. The van der Waals surface area contributed by atoms with Gasteiger partial charge in [0.2, 0.25) is 0 Å². The molecule has 1 amide bonds. The molecule has 0 saturated carbocycles. The average Bonchev–Trinajstić information content (AvgIpc) is 3.17. The van der Waals surface area contributed by atoms with Crippen molar-refractivity contribution >= 4 is 17.4 Å². The summed E-state index contributed by atoms with van der Waals surface area (Å²) < 4.78 is 22.3. The number of carbonyl (C=O) groups is 2. The highest BCUT2D eigenvalue weighted by molar-refractivity contribution is 6.46. The van der Waals surface area contributed by atoms with Crippen molar-refractivity contribution in [3.05, 3.63) is 53.1 Å². The van der Waals surface area contributed by atoms with E-state index in [0.29, 0.717) is 60.4 Å². The topological polar surface area (TPSA) is 97.8 Å². The van der Waals surface area contributed by atoms with Crippen LogP contribution in [0.2, 0.25) is 0 Å². The Morgan fingerprint density at radius 1 is 1.06 bits per heavy atom. The number of hydrogen-bond donors (Lipinski definition) is 1. The molecular weight excluding hydrogens is 464 g/mol. The lowest BCUT2D eigenvalue weighted by Gasteiger charge is -2.29. The van der Waals surface area contributed by atoms with Crippen LogP contribution in [0.1, 0.15) is 31.0 Å². The third-order valence-electron chi connectivity index (χ3n) is 6.64. The summed E-state index contributed by atoms with van der Waals surface area (Å²) in [5, 5.41) is 11.4. The van der Waals surface area contributed by atoms with Crippen LogP contribution >= 0.6 is 0 Å². The Bertz CT molecular complexity index is 1170. The van der Waals surface area contributed by atoms with E-state index < -0.39 is 17.7 Å². The number of hydrogen-bond acceptors (Lipinski definition) is 8. The molecule has 2 aromatic carbocycles. The molecule has 9 nitrogen and oxygen atoms in total. The van der Waals surface area contributed by atoms with Crippen LogP contribution in [0, 0.1) is 0 Å². The van der Waals surface area contributed by atoms with Crippen LogP contribution in [-0.2, 0) is 9.59 Å². The monoisotopic (exact) mass is 496 g/mol. The highest BCUT2D eigenvalue weighted by Crippen LogP contribution is 2.46. The molecule has 1 saturated heterocycles. The summed E-state index contributed by atoms with van der Waals surface area (Å²) in [5.41, 5.74) is 0.894. The minimum Gasteiger partial charge on any atom is -0.507 e. The number of Topliss-reactive ketones (excluding diaryl/α,β-unsaturated/α-hetero) is 1. The normalized spacial score (nSPS) is 18.6. The Morgan fingerprint density at radius 3 is 2.44 bits per heavy atom. The molecule has 1 unspecified atom stereocenters. The summed E-state index contributed by atoms with van der Waals surface area (Å²) in [7, 11) is 3.03. The highest BCUT2D eigenvalue weighted by atomic mass is 16.6. The van der Waals surface area contributed by atoms with Gasteiger partial charge in [0.15, 0.2) is 23.0 Å². The molecule has 0 bridgehead atoms. The van der Waals surface area contributed by atoms with Crippen molar-refractivity contribution in [1.82, 2.24) is 9.80 Å². The molecule has 0 aliphatic carbocycles. The van der Waals surface area contributed by atoms with Gasteiger partial charge in [-0.25, -0.2) is 0 Å². The Morgan fingerprint density at radius 2 is 1.78 bits per heavy atom. The second-order valence-corrected chi connectivity index (χ2v) is 8.46.